The minimum absolute atomic E-state index is 0.295. The van der Waals surface area contributed by atoms with Crippen molar-refractivity contribution < 1.29 is 4.79 Å². The first-order valence-electron chi connectivity index (χ1n) is 9.41. The molecule has 1 aromatic carbocycles. The topological polar surface area (TPSA) is 48.0 Å². The molecule has 5 heteroatoms. The molecule has 3 rings (SSSR count). The first kappa shape index (κ1) is 20.0. The largest absolute Gasteiger partial charge is 0.366 e. The number of hydrogen-bond acceptors (Lipinski definition) is 2. The van der Waals surface area contributed by atoms with Gasteiger partial charge in [-0.2, -0.15) is 0 Å². The van der Waals surface area contributed by atoms with Gasteiger partial charge in [-0.15, -0.1) is 11.3 Å². The predicted octanol–water partition coefficient (Wildman–Crippen LogP) is 6.74. The van der Waals surface area contributed by atoms with Gasteiger partial charge in [0, 0.05) is 21.5 Å². The standard InChI is InChI=1S/C22H27ClN2OS/c1-12(2)6-7-13(3)25-15(5)18(22(24)26)11-19(25)21-14(4)17-10-16(23)8-9-20(17)27-21/h8-13H,6-7H2,1-5H3,(H2,24,26). The number of benzene rings is 1. The van der Waals surface area contributed by atoms with Crippen LogP contribution in [-0.2, 0) is 0 Å². The molecular weight excluding hydrogens is 376 g/mol. The second kappa shape index (κ2) is 7.69. The van der Waals surface area contributed by atoms with Gasteiger partial charge in [0.15, 0.2) is 0 Å². The van der Waals surface area contributed by atoms with Crippen molar-refractivity contribution in [1.29, 1.82) is 0 Å². The molecule has 0 spiro atoms. The van der Waals surface area contributed by atoms with Crippen LogP contribution in [0.5, 0.6) is 0 Å². The number of nitrogens with two attached hydrogens (primary N) is 1. The smallest absolute Gasteiger partial charge is 0.250 e. The maximum atomic E-state index is 12.0. The fraction of sp³-hybridized carbons (Fsp3) is 0.409. The number of carbonyl (C=O) groups excluding carboxylic acids is 1. The van der Waals surface area contributed by atoms with Crippen molar-refractivity contribution in [3.63, 3.8) is 0 Å². The normalized spacial score (nSPS) is 12.9. The van der Waals surface area contributed by atoms with Gasteiger partial charge in [0.2, 0.25) is 0 Å². The molecule has 3 nitrogen and oxygen atoms in total. The van der Waals surface area contributed by atoms with Crippen molar-refractivity contribution in [2.75, 3.05) is 0 Å². The number of hydrogen-bond donors (Lipinski definition) is 1. The van der Waals surface area contributed by atoms with E-state index in [4.69, 9.17) is 17.3 Å². The van der Waals surface area contributed by atoms with Gasteiger partial charge < -0.3 is 10.3 Å². The number of aryl methyl sites for hydroxylation is 1. The molecule has 2 aromatic heterocycles. The van der Waals surface area contributed by atoms with E-state index >= 15 is 0 Å². The lowest BCUT2D eigenvalue weighted by Crippen LogP contribution is -2.14. The van der Waals surface area contributed by atoms with Crippen molar-refractivity contribution in [2.45, 2.75) is 53.5 Å². The molecule has 2 heterocycles. The van der Waals surface area contributed by atoms with Gasteiger partial charge in [0.1, 0.15) is 0 Å². The molecule has 1 unspecified atom stereocenters. The van der Waals surface area contributed by atoms with E-state index in [1.165, 1.54) is 20.5 Å². The van der Waals surface area contributed by atoms with E-state index in [1.54, 1.807) is 11.3 Å². The Morgan fingerprint density at radius 3 is 2.52 bits per heavy atom. The van der Waals surface area contributed by atoms with Gasteiger partial charge in [-0.3, -0.25) is 4.79 Å². The van der Waals surface area contributed by atoms with Gasteiger partial charge >= 0.3 is 0 Å². The Hall–Kier alpha value is -1.78. The first-order chi connectivity index (χ1) is 12.7. The third-order valence-electron chi connectivity index (χ3n) is 5.29. The molecule has 144 valence electrons. The van der Waals surface area contributed by atoms with E-state index in [1.807, 2.05) is 25.1 Å². The number of amides is 1. The third-order valence-corrected chi connectivity index (χ3v) is 6.82. The average Bonchev–Trinajstić information content (AvgIpc) is 3.10. The average molecular weight is 403 g/mol. The summed E-state index contributed by atoms with van der Waals surface area (Å²) < 4.78 is 3.50. The highest BCUT2D eigenvalue weighted by molar-refractivity contribution is 7.22. The first-order valence-corrected chi connectivity index (χ1v) is 10.6. The van der Waals surface area contributed by atoms with E-state index in [0.29, 0.717) is 17.5 Å². The van der Waals surface area contributed by atoms with Crippen LogP contribution in [0.2, 0.25) is 5.02 Å². The molecule has 0 aliphatic rings. The van der Waals surface area contributed by atoms with Gasteiger partial charge in [0.05, 0.1) is 16.1 Å². The summed E-state index contributed by atoms with van der Waals surface area (Å²) in [6, 6.07) is 8.26. The zero-order valence-electron chi connectivity index (χ0n) is 16.6. The highest BCUT2D eigenvalue weighted by Gasteiger charge is 2.23. The van der Waals surface area contributed by atoms with E-state index in [-0.39, 0.29) is 5.91 Å². The summed E-state index contributed by atoms with van der Waals surface area (Å²) in [6.07, 6.45) is 2.21. The lowest BCUT2D eigenvalue weighted by molar-refractivity contribution is 0.0999. The molecule has 1 amide bonds. The molecule has 0 saturated carbocycles. The number of carbonyl (C=O) groups is 1. The van der Waals surface area contributed by atoms with Crippen LogP contribution in [0, 0.1) is 19.8 Å². The summed E-state index contributed by atoms with van der Waals surface area (Å²) in [5, 5.41) is 1.91. The number of nitrogens with zero attached hydrogens (tertiary/aromatic N) is 1. The van der Waals surface area contributed by atoms with Crippen molar-refractivity contribution >= 4 is 38.9 Å². The summed E-state index contributed by atoms with van der Waals surface area (Å²) in [5.41, 5.74) is 9.49. The molecule has 27 heavy (non-hydrogen) atoms. The van der Waals surface area contributed by atoms with Crippen LogP contribution in [0.4, 0.5) is 0 Å². The number of rotatable bonds is 6. The van der Waals surface area contributed by atoms with E-state index in [9.17, 15) is 4.79 Å². The van der Waals surface area contributed by atoms with E-state index in [0.717, 1.165) is 29.3 Å². The monoisotopic (exact) mass is 402 g/mol. The lowest BCUT2D eigenvalue weighted by atomic mass is 10.0. The fourth-order valence-electron chi connectivity index (χ4n) is 3.75. The molecule has 0 aliphatic heterocycles. The number of halogens is 1. The maximum Gasteiger partial charge on any atom is 0.250 e. The zero-order chi connectivity index (χ0) is 19.9. The summed E-state index contributed by atoms with van der Waals surface area (Å²) in [7, 11) is 0. The molecule has 3 aromatic rings. The van der Waals surface area contributed by atoms with E-state index in [2.05, 4.69) is 38.3 Å². The molecule has 0 radical (unpaired) electrons. The molecule has 0 saturated heterocycles. The minimum atomic E-state index is -0.370. The Bertz CT molecular complexity index is 1000. The van der Waals surface area contributed by atoms with Crippen LogP contribution in [0.15, 0.2) is 24.3 Å². The van der Waals surface area contributed by atoms with Gasteiger partial charge in [-0.05, 0) is 74.7 Å². The summed E-state index contributed by atoms with van der Waals surface area (Å²) in [6.45, 7) is 10.8. The second-order valence-electron chi connectivity index (χ2n) is 7.78. The molecule has 0 aliphatic carbocycles. The number of aromatic nitrogens is 1. The number of primary amides is 1. The lowest BCUT2D eigenvalue weighted by Gasteiger charge is -2.21. The summed E-state index contributed by atoms with van der Waals surface area (Å²) >= 11 is 7.95. The van der Waals surface area contributed by atoms with Gasteiger partial charge in [-0.1, -0.05) is 25.4 Å². The quantitative estimate of drug-likeness (QED) is 0.487. The van der Waals surface area contributed by atoms with Gasteiger partial charge in [0.25, 0.3) is 5.91 Å². The second-order valence-corrected chi connectivity index (χ2v) is 9.27. The highest BCUT2D eigenvalue weighted by atomic mass is 35.5. The summed E-state index contributed by atoms with van der Waals surface area (Å²) in [5.74, 6) is 0.279. The Morgan fingerprint density at radius 1 is 1.19 bits per heavy atom. The number of fused-ring (bicyclic) bond motifs is 1. The molecule has 2 N–H and O–H groups in total. The Morgan fingerprint density at radius 2 is 1.89 bits per heavy atom. The van der Waals surface area contributed by atoms with Crippen LogP contribution in [-0.4, -0.2) is 10.5 Å². The minimum Gasteiger partial charge on any atom is -0.366 e. The maximum absolute atomic E-state index is 12.0. The summed E-state index contributed by atoms with van der Waals surface area (Å²) in [4.78, 5) is 13.2. The SMILES string of the molecule is Cc1c(-c2cc(C(N)=O)c(C)n2C(C)CCC(C)C)sc2ccc(Cl)cc12. The molecular formula is C22H27ClN2OS. The van der Waals surface area contributed by atoms with E-state index < -0.39 is 0 Å². The Labute approximate surface area is 170 Å². The van der Waals surface area contributed by atoms with Gasteiger partial charge in [-0.25, -0.2) is 0 Å². The molecule has 0 bridgehead atoms. The zero-order valence-corrected chi connectivity index (χ0v) is 18.2. The van der Waals surface area contributed by atoms with Crippen molar-refractivity contribution in [1.82, 2.24) is 4.57 Å². The van der Waals surface area contributed by atoms with Crippen LogP contribution in [0.1, 0.15) is 61.3 Å². The fourth-order valence-corrected chi connectivity index (χ4v) is 5.13. The molecule has 0 fully saturated rings. The predicted molar refractivity (Wildman–Crippen MR) is 117 cm³/mol. The van der Waals surface area contributed by atoms with Crippen molar-refractivity contribution in [3.8, 4) is 10.6 Å². The van der Waals surface area contributed by atoms with Crippen molar-refractivity contribution in [3.05, 3.63) is 46.1 Å². The Balaban J connectivity index is 2.18. The van der Waals surface area contributed by atoms with Crippen LogP contribution in [0.3, 0.4) is 0 Å². The Kier molecular flexibility index (Phi) is 5.68. The van der Waals surface area contributed by atoms with Crippen LogP contribution < -0.4 is 5.73 Å². The van der Waals surface area contributed by atoms with Crippen molar-refractivity contribution in [2.24, 2.45) is 11.7 Å². The highest BCUT2D eigenvalue weighted by Crippen LogP contribution is 2.42. The third kappa shape index (κ3) is 3.78. The van der Waals surface area contributed by atoms with Crippen LogP contribution in [0.25, 0.3) is 20.7 Å². The number of thiophene rings is 1. The molecule has 1 atom stereocenters. The van der Waals surface area contributed by atoms with Crippen LogP contribution >= 0.6 is 22.9 Å².